The van der Waals surface area contributed by atoms with Crippen molar-refractivity contribution in [3.63, 3.8) is 0 Å². The van der Waals surface area contributed by atoms with E-state index in [-0.39, 0.29) is 10.8 Å². The van der Waals surface area contributed by atoms with Gasteiger partial charge in [-0.2, -0.15) is 0 Å². The van der Waals surface area contributed by atoms with Crippen LogP contribution in [0.5, 0.6) is 0 Å². The maximum atomic E-state index is 2.48. The standard InChI is InChI=1S/C60H46N2/c1-59(2)52-29-11-6-24-50(52)57-48(26-17-30-53(57)59)47-23-9-12-31-54(47)61(40-34-36-41(37-35-40)62-55-32-13-7-21-45(55)46-22-8-14-33-56(46)62)42-19-15-18-39(38-42)43-25-16-27-49-44-20-5-10-28-51(44)60(3,4)58(43)49/h5-38H,1-4H3. The van der Waals surface area contributed by atoms with Gasteiger partial charge in [-0.05, 0) is 116 Å². The number of fused-ring (bicyclic) bond motifs is 9. The van der Waals surface area contributed by atoms with Crippen LogP contribution in [0.4, 0.5) is 17.1 Å². The quantitative estimate of drug-likeness (QED) is 0.163. The van der Waals surface area contributed by atoms with Crippen LogP contribution in [-0.4, -0.2) is 4.57 Å². The summed E-state index contributed by atoms with van der Waals surface area (Å²) in [5.41, 5.74) is 22.4. The summed E-state index contributed by atoms with van der Waals surface area (Å²) in [7, 11) is 0. The lowest BCUT2D eigenvalue weighted by molar-refractivity contribution is 0.660. The smallest absolute Gasteiger partial charge is 0.0541 e. The Kier molecular flexibility index (Phi) is 7.96. The third-order valence-corrected chi connectivity index (χ3v) is 14.0. The fourth-order valence-corrected chi connectivity index (χ4v) is 11.2. The van der Waals surface area contributed by atoms with Gasteiger partial charge < -0.3 is 9.47 Å². The summed E-state index contributed by atoms with van der Waals surface area (Å²) < 4.78 is 2.40. The number of nitrogens with zero attached hydrogens (tertiary/aromatic N) is 2. The van der Waals surface area contributed by atoms with Crippen molar-refractivity contribution in [2.75, 3.05) is 4.90 Å². The Morgan fingerprint density at radius 3 is 1.65 bits per heavy atom. The average molecular weight is 795 g/mol. The minimum atomic E-state index is -0.134. The second-order valence-electron chi connectivity index (χ2n) is 18.1. The average Bonchev–Trinajstić information content (AvgIpc) is 3.87. The Bertz CT molecular complexity index is 3360. The van der Waals surface area contributed by atoms with E-state index in [0.29, 0.717) is 0 Å². The molecule has 2 nitrogen and oxygen atoms in total. The summed E-state index contributed by atoms with van der Waals surface area (Å²) in [6.07, 6.45) is 0. The molecule has 0 aliphatic heterocycles. The Labute approximate surface area is 364 Å². The number of hydrogen-bond donors (Lipinski definition) is 0. The highest BCUT2D eigenvalue weighted by Gasteiger charge is 2.38. The molecule has 0 amide bonds. The van der Waals surface area contributed by atoms with Gasteiger partial charge in [0.1, 0.15) is 0 Å². The molecule has 2 heteroatoms. The second kappa shape index (κ2) is 13.5. The van der Waals surface area contributed by atoms with Crippen molar-refractivity contribution in [1.29, 1.82) is 0 Å². The molecule has 2 aliphatic carbocycles. The minimum Gasteiger partial charge on any atom is -0.310 e. The van der Waals surface area contributed by atoms with Crippen molar-refractivity contribution < 1.29 is 0 Å². The van der Waals surface area contributed by atoms with Crippen LogP contribution in [0, 0.1) is 0 Å². The zero-order valence-corrected chi connectivity index (χ0v) is 35.5. The lowest BCUT2D eigenvalue weighted by Crippen LogP contribution is -2.16. The molecule has 0 unspecified atom stereocenters. The van der Waals surface area contributed by atoms with E-state index in [2.05, 4.69) is 243 Å². The molecule has 0 spiro atoms. The lowest BCUT2D eigenvalue weighted by Gasteiger charge is -2.30. The van der Waals surface area contributed by atoms with E-state index in [1.54, 1.807) is 0 Å². The van der Waals surface area contributed by atoms with Gasteiger partial charge in [-0.15, -0.1) is 0 Å². The van der Waals surface area contributed by atoms with Crippen molar-refractivity contribution in [1.82, 2.24) is 4.57 Å². The number of aromatic nitrogens is 1. The second-order valence-corrected chi connectivity index (χ2v) is 18.1. The first kappa shape index (κ1) is 36.4. The van der Waals surface area contributed by atoms with Gasteiger partial charge in [0.25, 0.3) is 0 Å². The van der Waals surface area contributed by atoms with E-state index < -0.39 is 0 Å². The zero-order chi connectivity index (χ0) is 41.7. The van der Waals surface area contributed by atoms with E-state index in [1.165, 1.54) is 88.6 Å². The summed E-state index contributed by atoms with van der Waals surface area (Å²) in [6.45, 7) is 9.49. The summed E-state index contributed by atoms with van der Waals surface area (Å²) in [5, 5.41) is 2.52. The monoisotopic (exact) mass is 794 g/mol. The molecule has 0 saturated heterocycles. The molecule has 0 radical (unpaired) electrons. The van der Waals surface area contributed by atoms with Crippen LogP contribution in [-0.2, 0) is 10.8 Å². The fourth-order valence-electron chi connectivity index (χ4n) is 11.2. The number of benzene rings is 9. The van der Waals surface area contributed by atoms with Crippen LogP contribution in [0.3, 0.4) is 0 Å². The number of rotatable bonds is 6. The van der Waals surface area contributed by atoms with E-state index in [9.17, 15) is 0 Å². The van der Waals surface area contributed by atoms with E-state index in [4.69, 9.17) is 0 Å². The van der Waals surface area contributed by atoms with Gasteiger partial charge in [0.2, 0.25) is 0 Å². The Morgan fingerprint density at radius 1 is 0.371 bits per heavy atom. The van der Waals surface area contributed by atoms with Gasteiger partial charge in [0, 0.05) is 44.2 Å². The molecule has 2 aliphatic rings. The topological polar surface area (TPSA) is 8.17 Å². The highest BCUT2D eigenvalue weighted by molar-refractivity contribution is 6.09. The van der Waals surface area contributed by atoms with Crippen LogP contribution < -0.4 is 4.90 Å². The number of anilines is 3. The fraction of sp³-hybridized carbons (Fsp3) is 0.100. The minimum absolute atomic E-state index is 0.100. The number of para-hydroxylation sites is 3. The van der Waals surface area contributed by atoms with Crippen molar-refractivity contribution in [3.05, 3.63) is 229 Å². The molecule has 10 aromatic rings. The first-order valence-corrected chi connectivity index (χ1v) is 21.9. The molecule has 296 valence electrons. The third kappa shape index (κ3) is 5.23. The Balaban J connectivity index is 1.07. The largest absolute Gasteiger partial charge is 0.310 e. The first-order chi connectivity index (χ1) is 30.3. The van der Waals surface area contributed by atoms with Crippen LogP contribution in [0.25, 0.3) is 72.0 Å². The summed E-state index contributed by atoms with van der Waals surface area (Å²) >= 11 is 0. The summed E-state index contributed by atoms with van der Waals surface area (Å²) in [5.74, 6) is 0. The van der Waals surface area contributed by atoms with Gasteiger partial charge in [-0.25, -0.2) is 0 Å². The van der Waals surface area contributed by atoms with E-state index in [1.807, 2.05) is 0 Å². The first-order valence-electron chi connectivity index (χ1n) is 21.9. The van der Waals surface area contributed by atoms with Crippen LogP contribution >= 0.6 is 0 Å². The Hall–Kier alpha value is -7.42. The molecule has 0 atom stereocenters. The van der Waals surface area contributed by atoms with Crippen molar-refractivity contribution >= 4 is 38.9 Å². The SMILES string of the molecule is CC1(C)c2ccccc2-c2c(-c3ccccc3N(c3ccc(-n4c5ccccc5c5ccccc54)cc3)c3cccc(-c4cccc5c4C(C)(C)c4ccccc4-5)c3)cccc21. The molecular weight excluding hydrogens is 749 g/mol. The summed E-state index contributed by atoms with van der Waals surface area (Å²) in [6, 6.07) is 76.5. The van der Waals surface area contributed by atoms with E-state index >= 15 is 0 Å². The van der Waals surface area contributed by atoms with Gasteiger partial charge >= 0.3 is 0 Å². The molecule has 0 saturated carbocycles. The highest BCUT2D eigenvalue weighted by atomic mass is 15.1. The zero-order valence-electron chi connectivity index (χ0n) is 35.5. The van der Waals surface area contributed by atoms with Crippen molar-refractivity contribution in [2.24, 2.45) is 0 Å². The molecule has 62 heavy (non-hydrogen) atoms. The predicted octanol–water partition coefficient (Wildman–Crippen LogP) is 16.2. The lowest BCUT2D eigenvalue weighted by atomic mass is 9.79. The molecular formula is C60H46N2. The van der Waals surface area contributed by atoms with Crippen LogP contribution in [0.2, 0.25) is 0 Å². The number of hydrogen-bond acceptors (Lipinski definition) is 1. The third-order valence-electron chi connectivity index (χ3n) is 14.0. The van der Waals surface area contributed by atoms with Crippen LogP contribution in [0.1, 0.15) is 49.9 Å². The molecule has 12 rings (SSSR count). The maximum Gasteiger partial charge on any atom is 0.0541 e. The Morgan fingerprint density at radius 2 is 0.903 bits per heavy atom. The molecule has 1 aromatic heterocycles. The normalized spacial score (nSPS) is 14.1. The van der Waals surface area contributed by atoms with Crippen molar-refractivity contribution in [2.45, 2.75) is 38.5 Å². The predicted molar refractivity (Wildman–Crippen MR) is 261 cm³/mol. The van der Waals surface area contributed by atoms with Crippen molar-refractivity contribution in [3.8, 4) is 50.2 Å². The van der Waals surface area contributed by atoms with E-state index in [0.717, 1.165) is 22.7 Å². The van der Waals surface area contributed by atoms with Gasteiger partial charge in [-0.1, -0.05) is 179 Å². The van der Waals surface area contributed by atoms with Gasteiger partial charge in [-0.3, -0.25) is 0 Å². The highest BCUT2D eigenvalue weighted by Crippen LogP contribution is 2.55. The molecule has 9 aromatic carbocycles. The summed E-state index contributed by atoms with van der Waals surface area (Å²) in [4.78, 5) is 2.48. The maximum absolute atomic E-state index is 2.48. The molecule has 1 heterocycles. The molecule has 0 fully saturated rings. The van der Waals surface area contributed by atoms with Gasteiger partial charge in [0.05, 0.1) is 16.7 Å². The van der Waals surface area contributed by atoms with Crippen LogP contribution in [0.15, 0.2) is 206 Å². The van der Waals surface area contributed by atoms with Gasteiger partial charge in [0.15, 0.2) is 0 Å². The molecule has 0 bridgehead atoms. The molecule has 0 N–H and O–H groups in total.